The maximum atomic E-state index is 5.70. The van der Waals surface area contributed by atoms with Crippen LogP contribution in [0.1, 0.15) is 35.3 Å². The predicted molar refractivity (Wildman–Crippen MR) is 214 cm³/mol. The molecule has 5 heterocycles. The van der Waals surface area contributed by atoms with Crippen LogP contribution in [0.15, 0.2) is 140 Å². The smallest absolute Gasteiger partial charge is 0.657 e. The molecular formula is C47H34N4OZn. The van der Waals surface area contributed by atoms with E-state index >= 15 is 0 Å². The van der Waals surface area contributed by atoms with Gasteiger partial charge in [-0.15, -0.1) is 22.1 Å². The van der Waals surface area contributed by atoms with Gasteiger partial charge in [0.25, 0.3) is 0 Å². The number of nitrogens with zero attached hydrogens (tertiary/aromatic N) is 4. The van der Waals surface area contributed by atoms with Crippen molar-refractivity contribution in [2.45, 2.75) is 13.5 Å². The number of fused-ring (bicyclic) bond motifs is 8. The summed E-state index contributed by atoms with van der Waals surface area (Å²) in [5.74, 6) is 0. The quantitative estimate of drug-likeness (QED) is 0.153. The van der Waals surface area contributed by atoms with Crippen LogP contribution in [-0.2, 0) is 30.8 Å². The van der Waals surface area contributed by atoms with E-state index in [1.165, 1.54) is 0 Å². The zero-order valence-corrected chi connectivity index (χ0v) is 32.4. The molecule has 0 aliphatic carbocycles. The number of hydrogen-bond donors (Lipinski definition) is 0. The molecule has 0 unspecified atom stereocenters. The Morgan fingerprint density at radius 2 is 0.736 bits per heavy atom. The van der Waals surface area contributed by atoms with E-state index in [4.69, 9.17) is 24.7 Å². The Bertz CT molecular complexity index is 2600. The molecule has 250 valence electrons. The standard InChI is InChI=1S/C47H34N4O.Zn/c1-2-52-30-31-18-20-35(21-19-31)47-42-28-26-40(50-42)45(33-14-8-4-9-15-33)38-24-22-36(48-38)44(32-12-6-3-7-13-32)37-23-25-39(49-37)46(34-16-10-5-11-17-34)41-27-29-43(47)51-41;/h3-29H,2,30H2,1H3;/q-2;+2. The fourth-order valence-electron chi connectivity index (χ4n) is 7.07. The van der Waals surface area contributed by atoms with Crippen LogP contribution in [0.25, 0.3) is 90.9 Å². The van der Waals surface area contributed by atoms with Gasteiger partial charge < -0.3 is 14.7 Å². The van der Waals surface area contributed by atoms with Gasteiger partial charge in [0.2, 0.25) is 0 Å². The first-order valence-corrected chi connectivity index (χ1v) is 17.6. The minimum absolute atomic E-state index is 0. The third-order valence-electron chi connectivity index (χ3n) is 9.51. The van der Waals surface area contributed by atoms with Gasteiger partial charge in [-0.1, -0.05) is 140 Å². The molecule has 2 aliphatic heterocycles. The summed E-state index contributed by atoms with van der Waals surface area (Å²) in [4.78, 5) is 21.4. The van der Waals surface area contributed by atoms with Crippen molar-refractivity contribution in [2.75, 3.05) is 6.61 Å². The molecule has 0 N–H and O–H groups in total. The topological polar surface area (TPSA) is 63.2 Å². The Morgan fingerprint density at radius 3 is 1.06 bits per heavy atom. The van der Waals surface area contributed by atoms with Gasteiger partial charge in [0, 0.05) is 6.61 Å². The van der Waals surface area contributed by atoms with E-state index in [1.807, 2.05) is 25.1 Å². The van der Waals surface area contributed by atoms with Crippen LogP contribution in [-0.4, -0.2) is 16.6 Å². The first-order chi connectivity index (χ1) is 25.7. The zero-order chi connectivity index (χ0) is 34.9. The summed E-state index contributed by atoms with van der Waals surface area (Å²) in [7, 11) is 0. The Hall–Kier alpha value is -5.94. The van der Waals surface area contributed by atoms with Crippen LogP contribution >= 0.6 is 0 Å². The minimum Gasteiger partial charge on any atom is -0.657 e. The van der Waals surface area contributed by atoms with E-state index in [2.05, 4.69) is 146 Å². The van der Waals surface area contributed by atoms with Crippen molar-refractivity contribution in [3.05, 3.63) is 168 Å². The van der Waals surface area contributed by atoms with Crippen LogP contribution in [0, 0.1) is 0 Å². The molecule has 6 heteroatoms. The van der Waals surface area contributed by atoms with E-state index in [9.17, 15) is 0 Å². The molecule has 0 fully saturated rings. The molecule has 0 saturated heterocycles. The van der Waals surface area contributed by atoms with Crippen LogP contribution in [0.2, 0.25) is 0 Å². The Labute approximate surface area is 321 Å². The molecule has 0 saturated carbocycles. The van der Waals surface area contributed by atoms with Gasteiger partial charge in [0.05, 0.1) is 29.4 Å². The van der Waals surface area contributed by atoms with Crippen LogP contribution in [0.4, 0.5) is 0 Å². The second kappa shape index (κ2) is 15.0. The third kappa shape index (κ3) is 6.64. The second-order valence-corrected chi connectivity index (χ2v) is 12.8. The molecule has 8 bridgehead atoms. The maximum Gasteiger partial charge on any atom is 2.00 e. The molecule has 0 radical (unpaired) electrons. The van der Waals surface area contributed by atoms with E-state index in [-0.39, 0.29) is 19.5 Å². The van der Waals surface area contributed by atoms with E-state index in [1.54, 1.807) is 0 Å². The average molecular weight is 736 g/mol. The number of hydrogen-bond acceptors (Lipinski definition) is 3. The van der Waals surface area contributed by atoms with Crippen molar-refractivity contribution in [3.63, 3.8) is 0 Å². The summed E-state index contributed by atoms with van der Waals surface area (Å²) in [5, 5.41) is 0. The van der Waals surface area contributed by atoms with E-state index in [0.29, 0.717) is 13.2 Å². The van der Waals surface area contributed by atoms with Crippen LogP contribution in [0.5, 0.6) is 0 Å². The Morgan fingerprint density at radius 1 is 0.415 bits per heavy atom. The van der Waals surface area contributed by atoms with Gasteiger partial charge >= 0.3 is 19.5 Å². The molecule has 0 atom stereocenters. The normalized spacial score (nSPS) is 11.8. The molecule has 3 aromatic heterocycles. The van der Waals surface area contributed by atoms with Gasteiger partial charge in [0.15, 0.2) is 0 Å². The van der Waals surface area contributed by atoms with Gasteiger partial charge in [-0.2, -0.15) is 0 Å². The zero-order valence-electron chi connectivity index (χ0n) is 29.4. The molecule has 4 aromatic carbocycles. The van der Waals surface area contributed by atoms with Crippen molar-refractivity contribution in [1.82, 2.24) is 19.9 Å². The van der Waals surface area contributed by atoms with E-state index in [0.717, 1.165) is 94.9 Å². The first-order valence-electron chi connectivity index (χ1n) is 17.6. The monoisotopic (exact) mass is 734 g/mol. The third-order valence-corrected chi connectivity index (χ3v) is 9.51. The van der Waals surface area contributed by atoms with E-state index < -0.39 is 0 Å². The van der Waals surface area contributed by atoms with Gasteiger partial charge in [-0.25, -0.2) is 9.97 Å². The molecule has 2 aliphatic rings. The number of rotatable bonds is 7. The molecular weight excluding hydrogens is 702 g/mol. The van der Waals surface area contributed by atoms with Gasteiger partial charge in [0.1, 0.15) is 0 Å². The van der Waals surface area contributed by atoms with Gasteiger partial charge in [-0.3, -0.25) is 0 Å². The first kappa shape index (κ1) is 34.2. The Balaban J connectivity index is 0.00000400. The summed E-state index contributed by atoms with van der Waals surface area (Å²) in [6.45, 7) is 3.26. The largest absolute Gasteiger partial charge is 2.00 e. The fraction of sp³-hybridized carbons (Fsp3) is 0.0638. The predicted octanol–water partition coefficient (Wildman–Crippen LogP) is 11.1. The molecule has 53 heavy (non-hydrogen) atoms. The molecule has 5 nitrogen and oxygen atoms in total. The van der Waals surface area contributed by atoms with Gasteiger partial charge in [-0.05, 0) is 81.3 Å². The Kier molecular flexibility index (Phi) is 9.65. The fourth-order valence-corrected chi connectivity index (χ4v) is 7.07. The number of ether oxygens (including phenoxy) is 1. The van der Waals surface area contributed by atoms with Crippen molar-refractivity contribution in [3.8, 4) is 44.5 Å². The van der Waals surface area contributed by atoms with Crippen molar-refractivity contribution < 1.29 is 24.2 Å². The minimum atomic E-state index is 0. The number of aromatic nitrogens is 4. The van der Waals surface area contributed by atoms with Crippen LogP contribution in [0.3, 0.4) is 0 Å². The maximum absolute atomic E-state index is 5.70. The SMILES string of the molecule is CCOCc1ccc(-c2c3nc(c(-c4ccccc4)c4ccc([n-]4)c(-c4ccccc4)c4nc(c(-c5ccccc5)c5ccc2[n-]5)C=C4)C=C3)cc1.[Zn+2]. The van der Waals surface area contributed by atoms with Crippen molar-refractivity contribution in [2.24, 2.45) is 0 Å². The molecule has 7 aromatic rings. The molecule has 0 spiro atoms. The number of benzene rings is 4. The second-order valence-electron chi connectivity index (χ2n) is 12.8. The van der Waals surface area contributed by atoms with Crippen molar-refractivity contribution >= 4 is 46.4 Å². The summed E-state index contributed by atoms with van der Waals surface area (Å²) in [5.41, 5.74) is 16.0. The summed E-state index contributed by atoms with van der Waals surface area (Å²) < 4.78 is 5.70. The summed E-state index contributed by atoms with van der Waals surface area (Å²) in [6, 6.07) is 48.1. The summed E-state index contributed by atoms with van der Waals surface area (Å²) >= 11 is 0. The molecule has 9 rings (SSSR count). The van der Waals surface area contributed by atoms with Crippen molar-refractivity contribution in [1.29, 1.82) is 0 Å². The average Bonchev–Trinajstić information content (AvgIpc) is 4.04. The van der Waals surface area contributed by atoms with Crippen LogP contribution < -0.4 is 9.97 Å². The molecule has 0 amide bonds. The summed E-state index contributed by atoms with van der Waals surface area (Å²) in [6.07, 6.45) is 8.41.